The van der Waals surface area contributed by atoms with Gasteiger partial charge in [-0.15, -0.1) is 0 Å². The quantitative estimate of drug-likeness (QED) is 0.868. The van der Waals surface area contributed by atoms with Crippen molar-refractivity contribution in [2.75, 3.05) is 19.3 Å². The van der Waals surface area contributed by atoms with E-state index < -0.39 is 9.84 Å². The Kier molecular flexibility index (Phi) is 4.92. The minimum atomic E-state index is -3.03. The van der Waals surface area contributed by atoms with Gasteiger partial charge in [0.1, 0.15) is 11.9 Å². The van der Waals surface area contributed by atoms with Gasteiger partial charge in [-0.3, -0.25) is 4.98 Å². The zero-order valence-corrected chi connectivity index (χ0v) is 16.2. The number of aromatic nitrogens is 1. The molecule has 4 rings (SSSR count). The number of hydroxylamine groups is 2. The molecule has 1 saturated heterocycles. The molecule has 3 heterocycles. The van der Waals surface area contributed by atoms with Gasteiger partial charge in [-0.25, -0.2) is 8.42 Å². The number of benzene rings is 1. The Morgan fingerprint density at radius 1 is 1.22 bits per heavy atom. The van der Waals surface area contributed by atoms with E-state index in [0.717, 1.165) is 47.4 Å². The van der Waals surface area contributed by atoms with Crippen LogP contribution in [0.25, 0.3) is 11.3 Å². The predicted molar refractivity (Wildman–Crippen MR) is 102 cm³/mol. The summed E-state index contributed by atoms with van der Waals surface area (Å²) in [5.74, 6) is 1.36. The van der Waals surface area contributed by atoms with Crippen LogP contribution in [0.5, 0.6) is 5.75 Å². The van der Waals surface area contributed by atoms with Crippen LogP contribution >= 0.6 is 0 Å². The first kappa shape index (κ1) is 18.4. The van der Waals surface area contributed by atoms with E-state index in [1.54, 1.807) is 6.20 Å². The average Bonchev–Trinajstić information content (AvgIpc) is 3.05. The molecule has 144 valence electrons. The highest BCUT2D eigenvalue weighted by atomic mass is 32.2. The second-order valence-corrected chi connectivity index (χ2v) is 9.74. The van der Waals surface area contributed by atoms with Gasteiger partial charge >= 0.3 is 0 Å². The maximum absolute atomic E-state index is 11.4. The Bertz CT molecular complexity index is 919. The van der Waals surface area contributed by atoms with E-state index in [9.17, 15) is 13.6 Å². The molecule has 1 N–H and O–H groups in total. The van der Waals surface area contributed by atoms with Crippen molar-refractivity contribution >= 4 is 9.84 Å². The van der Waals surface area contributed by atoms with Crippen LogP contribution in [0, 0.1) is 5.92 Å². The number of rotatable bonds is 4. The van der Waals surface area contributed by atoms with Crippen LogP contribution in [0.1, 0.15) is 24.0 Å². The van der Waals surface area contributed by atoms with E-state index >= 15 is 0 Å². The van der Waals surface area contributed by atoms with Crippen LogP contribution in [-0.4, -0.2) is 49.1 Å². The largest absolute Gasteiger partial charge is 0.488 e. The van der Waals surface area contributed by atoms with Gasteiger partial charge < -0.3 is 9.94 Å². The number of hydrogen-bond acceptors (Lipinski definition) is 6. The Balaban J connectivity index is 1.48. The fraction of sp³-hybridized carbons (Fsp3) is 0.450. The average molecular weight is 388 g/mol. The predicted octanol–water partition coefficient (Wildman–Crippen LogP) is 2.70. The second kappa shape index (κ2) is 7.22. The topological polar surface area (TPSA) is 79.7 Å². The summed E-state index contributed by atoms with van der Waals surface area (Å²) >= 11 is 0. The fourth-order valence-corrected chi connectivity index (χ4v) is 4.72. The Hall–Kier alpha value is -1.96. The summed E-state index contributed by atoms with van der Waals surface area (Å²) in [7, 11) is -3.03. The maximum atomic E-state index is 11.4. The van der Waals surface area contributed by atoms with Crippen molar-refractivity contribution in [2.24, 2.45) is 5.92 Å². The molecule has 27 heavy (non-hydrogen) atoms. The summed E-state index contributed by atoms with van der Waals surface area (Å²) < 4.78 is 29.0. The molecular formula is C20H24N2O4S. The summed E-state index contributed by atoms with van der Waals surface area (Å²) in [5, 5.41) is 10.9. The van der Waals surface area contributed by atoms with Crippen molar-refractivity contribution in [3.8, 4) is 17.0 Å². The molecule has 0 amide bonds. The molecule has 6 nitrogen and oxygen atoms in total. The minimum absolute atomic E-state index is 0.0487. The number of fused-ring (bicyclic) bond motifs is 1. The lowest BCUT2D eigenvalue weighted by Gasteiger charge is -2.30. The molecule has 7 heteroatoms. The molecule has 1 aromatic carbocycles. The first-order valence-electron chi connectivity index (χ1n) is 9.24. The van der Waals surface area contributed by atoms with Gasteiger partial charge in [0.15, 0.2) is 9.84 Å². The lowest BCUT2D eigenvalue weighted by atomic mass is 9.89. The maximum Gasteiger partial charge on any atom is 0.151 e. The number of ether oxygens (including phenoxy) is 1. The van der Waals surface area contributed by atoms with Crippen LogP contribution in [-0.2, 0) is 22.0 Å². The van der Waals surface area contributed by atoms with Gasteiger partial charge in [-0.2, -0.15) is 5.06 Å². The molecule has 1 fully saturated rings. The van der Waals surface area contributed by atoms with Gasteiger partial charge in [0.2, 0.25) is 0 Å². The molecule has 1 atom stereocenters. The molecule has 0 radical (unpaired) electrons. The third kappa shape index (κ3) is 4.31. The number of piperidine rings is 1. The first-order valence-corrected chi connectivity index (χ1v) is 11.3. The van der Waals surface area contributed by atoms with Crippen molar-refractivity contribution in [2.45, 2.75) is 31.1 Å². The summed E-state index contributed by atoms with van der Waals surface area (Å²) in [6.07, 6.45) is 5.93. The molecule has 1 aromatic heterocycles. The normalized spacial score (nSPS) is 21.0. The van der Waals surface area contributed by atoms with E-state index in [4.69, 9.17) is 4.74 Å². The van der Waals surface area contributed by atoms with Crippen LogP contribution in [0.4, 0.5) is 0 Å². The molecule has 0 saturated carbocycles. The molecule has 0 spiro atoms. The number of nitrogens with zero attached hydrogens (tertiary/aromatic N) is 2. The van der Waals surface area contributed by atoms with Crippen LogP contribution in [0.3, 0.4) is 0 Å². The lowest BCUT2D eigenvalue weighted by Crippen LogP contribution is -2.37. The van der Waals surface area contributed by atoms with E-state index in [1.807, 2.05) is 24.3 Å². The Labute approximate surface area is 159 Å². The molecule has 1 unspecified atom stereocenters. The zero-order valence-electron chi connectivity index (χ0n) is 15.3. The van der Waals surface area contributed by atoms with Gasteiger partial charge in [-0.1, -0.05) is 24.3 Å². The zero-order chi connectivity index (χ0) is 19.0. The molecule has 0 bridgehead atoms. The summed E-state index contributed by atoms with van der Waals surface area (Å²) in [6, 6.07) is 9.58. The van der Waals surface area contributed by atoms with Gasteiger partial charge in [-0.05, 0) is 30.4 Å². The van der Waals surface area contributed by atoms with Crippen LogP contribution < -0.4 is 4.74 Å². The number of pyridine rings is 1. The molecule has 2 aromatic rings. The fourth-order valence-electron chi connectivity index (χ4n) is 3.92. The van der Waals surface area contributed by atoms with Crippen molar-refractivity contribution < 1.29 is 18.4 Å². The highest BCUT2D eigenvalue weighted by Gasteiger charge is 2.33. The van der Waals surface area contributed by atoms with Crippen molar-refractivity contribution in [3.63, 3.8) is 0 Å². The number of hydrogen-bond donors (Lipinski definition) is 1. The highest BCUT2D eigenvalue weighted by Crippen LogP contribution is 2.36. The lowest BCUT2D eigenvalue weighted by molar-refractivity contribution is -0.118. The molecule has 2 aliphatic heterocycles. The monoisotopic (exact) mass is 388 g/mol. The molecule has 0 aliphatic carbocycles. The SMILES string of the molecule is CS(=O)(=O)Cc1ccc(-c2cc3c(cn2)OC(C2CCN(O)CC2)C3)cc1. The van der Waals surface area contributed by atoms with Crippen LogP contribution in [0.15, 0.2) is 36.5 Å². The van der Waals surface area contributed by atoms with Crippen molar-refractivity contribution in [3.05, 3.63) is 47.7 Å². The van der Waals surface area contributed by atoms with Crippen molar-refractivity contribution in [1.29, 1.82) is 0 Å². The summed E-state index contributed by atoms with van der Waals surface area (Å²) in [4.78, 5) is 4.53. The Morgan fingerprint density at radius 2 is 1.93 bits per heavy atom. The van der Waals surface area contributed by atoms with E-state index in [1.165, 1.54) is 11.3 Å². The summed E-state index contributed by atoms with van der Waals surface area (Å²) in [5.41, 5.74) is 3.78. The first-order chi connectivity index (χ1) is 12.9. The standard InChI is InChI=1S/C20H24N2O4S/c1-27(24,25)13-14-2-4-15(5-3-14)18-10-17-11-19(26-20(17)12-21-18)16-6-8-22(23)9-7-16/h2-5,10,12,16,19,23H,6-9,11,13H2,1H3. The van der Waals surface area contributed by atoms with Crippen molar-refractivity contribution in [1.82, 2.24) is 10.0 Å². The van der Waals surface area contributed by atoms with Crippen LogP contribution in [0.2, 0.25) is 0 Å². The smallest absolute Gasteiger partial charge is 0.151 e. The minimum Gasteiger partial charge on any atom is -0.488 e. The third-order valence-corrected chi connectivity index (χ3v) is 6.23. The summed E-state index contributed by atoms with van der Waals surface area (Å²) in [6.45, 7) is 1.40. The number of sulfone groups is 1. The third-order valence-electron chi connectivity index (χ3n) is 5.37. The highest BCUT2D eigenvalue weighted by molar-refractivity contribution is 7.89. The molecular weight excluding hydrogens is 364 g/mol. The van der Waals surface area contributed by atoms with E-state index in [0.29, 0.717) is 19.0 Å². The molecule has 2 aliphatic rings. The van der Waals surface area contributed by atoms with Gasteiger partial charge in [0.25, 0.3) is 0 Å². The van der Waals surface area contributed by atoms with E-state index in [-0.39, 0.29) is 11.9 Å². The Morgan fingerprint density at radius 3 is 2.59 bits per heavy atom. The van der Waals surface area contributed by atoms with Gasteiger partial charge in [0.05, 0.1) is 17.6 Å². The van der Waals surface area contributed by atoms with E-state index in [2.05, 4.69) is 11.1 Å². The second-order valence-electron chi connectivity index (χ2n) is 7.60. The van der Waals surface area contributed by atoms with Gasteiger partial charge in [0, 0.05) is 36.9 Å².